The molecule has 0 radical (unpaired) electrons. The molecule has 0 aromatic heterocycles. The standard InChI is InChI=1S/C32H35FN2O4/c1-20-26(10-5-11-29(20)33)30-27(31(38)21-6-3-8-24(36)16-21)18-35(23-12-14-34(2)15-13-23)19-28(30)32(39)22-7-4-9-25(37)17-22/h3-11,16-17,23,27-28,30,36-37H,12-15,18-19H2,1-2H3/t27-,28-/m0/s1. The van der Waals surface area contributed by atoms with E-state index in [-0.39, 0.29) is 34.9 Å². The van der Waals surface area contributed by atoms with E-state index in [1.165, 1.54) is 30.3 Å². The summed E-state index contributed by atoms with van der Waals surface area (Å²) in [4.78, 5) is 32.9. The molecule has 0 unspecified atom stereocenters. The van der Waals surface area contributed by atoms with Gasteiger partial charge in [0.05, 0.1) is 0 Å². The summed E-state index contributed by atoms with van der Waals surface area (Å²) >= 11 is 0. The molecule has 204 valence electrons. The fourth-order valence-corrected chi connectivity index (χ4v) is 6.40. The monoisotopic (exact) mass is 530 g/mol. The molecule has 39 heavy (non-hydrogen) atoms. The molecular formula is C32H35FN2O4. The molecule has 2 atom stereocenters. The molecular weight excluding hydrogens is 495 g/mol. The van der Waals surface area contributed by atoms with Gasteiger partial charge in [-0.15, -0.1) is 0 Å². The van der Waals surface area contributed by atoms with Gasteiger partial charge in [0.15, 0.2) is 11.6 Å². The molecule has 0 aliphatic carbocycles. The van der Waals surface area contributed by atoms with Crippen LogP contribution in [0.25, 0.3) is 0 Å². The normalized spacial score (nSPS) is 21.6. The van der Waals surface area contributed by atoms with Gasteiger partial charge in [0, 0.05) is 48.0 Å². The average molecular weight is 531 g/mol. The molecule has 7 heteroatoms. The number of phenols is 2. The van der Waals surface area contributed by atoms with Crippen molar-refractivity contribution in [2.75, 3.05) is 33.2 Å². The topological polar surface area (TPSA) is 81.1 Å². The van der Waals surface area contributed by atoms with Crippen LogP contribution in [0.2, 0.25) is 0 Å². The van der Waals surface area contributed by atoms with Gasteiger partial charge in [-0.1, -0.05) is 36.4 Å². The van der Waals surface area contributed by atoms with E-state index in [0.717, 1.165) is 25.9 Å². The molecule has 3 aromatic rings. The summed E-state index contributed by atoms with van der Waals surface area (Å²) in [6.45, 7) is 4.44. The quantitative estimate of drug-likeness (QED) is 0.435. The zero-order valence-electron chi connectivity index (χ0n) is 22.4. The van der Waals surface area contributed by atoms with Gasteiger partial charge in [0.25, 0.3) is 0 Å². The zero-order valence-corrected chi connectivity index (χ0v) is 22.4. The number of aromatic hydroxyl groups is 2. The minimum absolute atomic E-state index is 0.00490. The molecule has 5 rings (SSSR count). The summed E-state index contributed by atoms with van der Waals surface area (Å²) in [5.41, 5.74) is 1.81. The predicted octanol–water partition coefficient (Wildman–Crippen LogP) is 5.04. The third-order valence-electron chi connectivity index (χ3n) is 8.54. The van der Waals surface area contributed by atoms with Gasteiger partial charge in [0.1, 0.15) is 17.3 Å². The first-order valence-corrected chi connectivity index (χ1v) is 13.6. The molecule has 2 aliphatic heterocycles. The Morgan fingerprint density at radius 1 is 0.821 bits per heavy atom. The lowest BCUT2D eigenvalue weighted by Crippen LogP contribution is -2.55. The van der Waals surface area contributed by atoms with E-state index in [9.17, 15) is 24.2 Å². The molecule has 0 spiro atoms. The number of phenolic OH excluding ortho intramolecular Hbond substituents is 2. The molecule has 0 saturated carbocycles. The summed E-state index contributed by atoms with van der Waals surface area (Å²) in [5, 5.41) is 20.2. The third-order valence-corrected chi connectivity index (χ3v) is 8.54. The van der Waals surface area contributed by atoms with Crippen LogP contribution in [0.3, 0.4) is 0 Å². The molecule has 2 heterocycles. The number of halogens is 1. The maximum atomic E-state index is 14.9. The Labute approximate surface area is 228 Å². The molecule has 6 nitrogen and oxygen atoms in total. The van der Waals surface area contributed by atoms with Crippen LogP contribution in [-0.2, 0) is 0 Å². The molecule has 2 fully saturated rings. The smallest absolute Gasteiger partial charge is 0.167 e. The van der Waals surface area contributed by atoms with Gasteiger partial charge < -0.3 is 15.1 Å². The summed E-state index contributed by atoms with van der Waals surface area (Å²) < 4.78 is 14.9. The summed E-state index contributed by atoms with van der Waals surface area (Å²) in [6.07, 6.45) is 1.86. The number of hydrogen-bond acceptors (Lipinski definition) is 6. The van der Waals surface area contributed by atoms with E-state index in [0.29, 0.717) is 35.3 Å². The van der Waals surface area contributed by atoms with Gasteiger partial charge in [-0.25, -0.2) is 4.39 Å². The first kappa shape index (κ1) is 27.0. The van der Waals surface area contributed by atoms with Gasteiger partial charge >= 0.3 is 0 Å². The van der Waals surface area contributed by atoms with Gasteiger partial charge in [-0.2, -0.15) is 0 Å². The lowest BCUT2D eigenvalue weighted by molar-refractivity contribution is 0.0325. The summed E-state index contributed by atoms with van der Waals surface area (Å²) in [7, 11) is 2.09. The van der Waals surface area contributed by atoms with Gasteiger partial charge in [-0.05, 0) is 81.4 Å². The van der Waals surface area contributed by atoms with Crippen molar-refractivity contribution in [3.8, 4) is 11.5 Å². The number of carbonyl (C=O) groups excluding carboxylic acids is 2. The predicted molar refractivity (Wildman–Crippen MR) is 148 cm³/mol. The first-order chi connectivity index (χ1) is 18.7. The van der Waals surface area contributed by atoms with E-state index >= 15 is 0 Å². The largest absolute Gasteiger partial charge is 0.508 e. The number of hydrogen-bond donors (Lipinski definition) is 2. The number of ketones is 2. The van der Waals surface area contributed by atoms with Crippen LogP contribution in [0, 0.1) is 24.6 Å². The zero-order chi connectivity index (χ0) is 27.7. The number of likely N-dealkylation sites (tertiary alicyclic amines) is 2. The minimum Gasteiger partial charge on any atom is -0.508 e. The second kappa shape index (κ2) is 11.3. The van der Waals surface area contributed by atoms with Crippen molar-refractivity contribution < 1.29 is 24.2 Å². The Kier molecular flexibility index (Phi) is 7.82. The number of nitrogens with zero attached hydrogens (tertiary/aromatic N) is 2. The lowest BCUT2D eigenvalue weighted by atomic mass is 9.67. The Bertz CT molecular complexity index is 1300. The van der Waals surface area contributed by atoms with E-state index in [4.69, 9.17) is 0 Å². The SMILES string of the molecule is Cc1c(F)cccc1C1[C@@H](C(=O)c2cccc(O)c2)CN(C2CCN(C)CC2)C[C@@H]1C(=O)c1cccc(O)c1. The average Bonchev–Trinajstić information content (AvgIpc) is 2.93. The molecule has 2 aliphatic rings. The molecule has 0 bridgehead atoms. The maximum absolute atomic E-state index is 14.9. The fraction of sp³-hybridized carbons (Fsp3) is 0.375. The highest BCUT2D eigenvalue weighted by Crippen LogP contribution is 2.43. The second-order valence-corrected chi connectivity index (χ2v) is 11.0. The second-order valence-electron chi connectivity index (χ2n) is 11.0. The molecule has 0 amide bonds. The van der Waals surface area contributed by atoms with Crippen molar-refractivity contribution in [2.24, 2.45) is 11.8 Å². The van der Waals surface area contributed by atoms with Crippen molar-refractivity contribution in [3.05, 3.63) is 94.8 Å². The molecule has 3 aromatic carbocycles. The number of piperidine rings is 2. The van der Waals surface area contributed by atoms with E-state index in [1.807, 2.05) is 6.07 Å². The van der Waals surface area contributed by atoms with E-state index in [2.05, 4.69) is 16.8 Å². The van der Waals surface area contributed by atoms with Crippen LogP contribution >= 0.6 is 0 Å². The Balaban J connectivity index is 1.63. The van der Waals surface area contributed by atoms with E-state index in [1.54, 1.807) is 37.3 Å². The van der Waals surface area contributed by atoms with Crippen molar-refractivity contribution in [1.29, 1.82) is 0 Å². The number of Topliss-reactive ketones (excluding diaryl/α,β-unsaturated/α-hetero) is 2. The van der Waals surface area contributed by atoms with Crippen molar-refractivity contribution >= 4 is 11.6 Å². The van der Waals surface area contributed by atoms with Crippen LogP contribution in [0.5, 0.6) is 11.5 Å². The number of carbonyl (C=O) groups is 2. The van der Waals surface area contributed by atoms with Crippen molar-refractivity contribution in [2.45, 2.75) is 31.7 Å². The van der Waals surface area contributed by atoms with Crippen LogP contribution < -0.4 is 0 Å². The number of benzene rings is 3. The minimum atomic E-state index is -0.632. The van der Waals surface area contributed by atoms with E-state index < -0.39 is 17.8 Å². The van der Waals surface area contributed by atoms with Crippen molar-refractivity contribution in [1.82, 2.24) is 9.80 Å². The summed E-state index contributed by atoms with van der Waals surface area (Å²) in [6, 6.07) is 17.6. The highest BCUT2D eigenvalue weighted by molar-refractivity contribution is 6.02. The molecule has 2 saturated heterocycles. The molecule has 2 N–H and O–H groups in total. The maximum Gasteiger partial charge on any atom is 0.167 e. The highest BCUT2D eigenvalue weighted by atomic mass is 19.1. The first-order valence-electron chi connectivity index (χ1n) is 13.6. The summed E-state index contributed by atoms with van der Waals surface area (Å²) in [5.74, 6) is -2.58. The Hall–Kier alpha value is -3.55. The highest BCUT2D eigenvalue weighted by Gasteiger charge is 2.47. The van der Waals surface area contributed by atoms with Gasteiger partial charge in [0.2, 0.25) is 0 Å². The fourth-order valence-electron chi connectivity index (χ4n) is 6.40. The van der Waals surface area contributed by atoms with Crippen LogP contribution in [-0.4, -0.2) is 70.8 Å². The van der Waals surface area contributed by atoms with Crippen LogP contribution in [0.15, 0.2) is 66.7 Å². The third kappa shape index (κ3) is 5.60. The van der Waals surface area contributed by atoms with Crippen LogP contribution in [0.4, 0.5) is 4.39 Å². The van der Waals surface area contributed by atoms with Crippen LogP contribution in [0.1, 0.15) is 50.6 Å². The van der Waals surface area contributed by atoms with Crippen molar-refractivity contribution in [3.63, 3.8) is 0 Å². The Morgan fingerprint density at radius 3 is 1.85 bits per heavy atom. The number of rotatable bonds is 6. The Morgan fingerprint density at radius 2 is 1.33 bits per heavy atom. The van der Waals surface area contributed by atoms with Gasteiger partial charge in [-0.3, -0.25) is 14.5 Å². The lowest BCUT2D eigenvalue weighted by Gasteiger charge is -2.47.